The van der Waals surface area contributed by atoms with E-state index in [4.69, 9.17) is 5.73 Å². The molecule has 25 heavy (non-hydrogen) atoms. The van der Waals surface area contributed by atoms with E-state index in [2.05, 4.69) is 23.8 Å². The third kappa shape index (κ3) is 3.74. The quantitative estimate of drug-likeness (QED) is 0.874. The number of nitrogens with zero attached hydrogens (tertiary/aromatic N) is 3. The Morgan fingerprint density at radius 1 is 1.16 bits per heavy atom. The Labute approximate surface area is 152 Å². The fraction of sp³-hybridized carbons (Fsp3) is 0.412. The normalized spacial score (nSPS) is 15.6. The number of anilines is 2. The second-order valence-corrected chi connectivity index (χ2v) is 9.39. The molecule has 1 aromatic heterocycles. The standard InChI is InChI=1S/C17H22N4O2S2/c1-12(2)13-3-5-14(6-4-13)25(22,23)15-11-19-17(20-16(15)18)21-7-9-24-10-8-21/h3-6,11-12H,7-10H2,1-2H3,(H2,18,19,20). The van der Waals surface area contributed by atoms with Crippen LogP contribution in [0.25, 0.3) is 0 Å². The van der Waals surface area contributed by atoms with Gasteiger partial charge >= 0.3 is 0 Å². The van der Waals surface area contributed by atoms with Gasteiger partial charge in [0.1, 0.15) is 10.7 Å². The highest BCUT2D eigenvalue weighted by Gasteiger charge is 2.24. The molecular weight excluding hydrogens is 356 g/mol. The minimum atomic E-state index is -3.73. The van der Waals surface area contributed by atoms with Gasteiger partial charge in [0, 0.05) is 24.6 Å². The van der Waals surface area contributed by atoms with Crippen LogP contribution in [0.1, 0.15) is 25.3 Å². The molecule has 1 saturated heterocycles. The summed E-state index contributed by atoms with van der Waals surface area (Å²) in [6.45, 7) is 5.81. The maximum atomic E-state index is 12.8. The zero-order valence-corrected chi connectivity index (χ0v) is 16.0. The van der Waals surface area contributed by atoms with Crippen molar-refractivity contribution in [1.29, 1.82) is 0 Å². The van der Waals surface area contributed by atoms with Crippen molar-refractivity contribution in [1.82, 2.24) is 9.97 Å². The van der Waals surface area contributed by atoms with Crippen molar-refractivity contribution in [2.75, 3.05) is 35.2 Å². The molecule has 0 atom stereocenters. The number of nitrogen functional groups attached to an aromatic ring is 1. The Morgan fingerprint density at radius 3 is 2.36 bits per heavy atom. The summed E-state index contributed by atoms with van der Waals surface area (Å²) in [4.78, 5) is 10.7. The van der Waals surface area contributed by atoms with Crippen LogP contribution in [0.5, 0.6) is 0 Å². The van der Waals surface area contributed by atoms with Crippen molar-refractivity contribution in [3.05, 3.63) is 36.0 Å². The fourth-order valence-electron chi connectivity index (χ4n) is 2.66. The third-order valence-electron chi connectivity index (χ3n) is 4.21. The lowest BCUT2D eigenvalue weighted by Crippen LogP contribution is -2.34. The highest BCUT2D eigenvalue weighted by atomic mass is 32.2. The summed E-state index contributed by atoms with van der Waals surface area (Å²) in [6.07, 6.45) is 1.32. The lowest BCUT2D eigenvalue weighted by atomic mass is 10.0. The van der Waals surface area contributed by atoms with Gasteiger partial charge in [0.25, 0.3) is 0 Å². The summed E-state index contributed by atoms with van der Waals surface area (Å²) in [5.41, 5.74) is 7.05. The molecule has 0 saturated carbocycles. The molecule has 0 bridgehead atoms. The van der Waals surface area contributed by atoms with E-state index in [1.807, 2.05) is 28.8 Å². The topological polar surface area (TPSA) is 89.2 Å². The SMILES string of the molecule is CC(C)c1ccc(S(=O)(=O)c2cnc(N3CCSCC3)nc2N)cc1. The van der Waals surface area contributed by atoms with Crippen LogP contribution in [0.15, 0.2) is 40.3 Å². The molecule has 0 amide bonds. The highest BCUT2D eigenvalue weighted by Crippen LogP contribution is 2.27. The van der Waals surface area contributed by atoms with Gasteiger partial charge in [0.05, 0.1) is 11.1 Å². The van der Waals surface area contributed by atoms with Crippen LogP contribution < -0.4 is 10.6 Å². The molecule has 8 heteroatoms. The van der Waals surface area contributed by atoms with Crippen LogP contribution >= 0.6 is 11.8 Å². The lowest BCUT2D eigenvalue weighted by Gasteiger charge is -2.26. The molecule has 1 aliphatic heterocycles. The average molecular weight is 379 g/mol. The summed E-state index contributed by atoms with van der Waals surface area (Å²) >= 11 is 1.88. The molecule has 0 radical (unpaired) electrons. The van der Waals surface area contributed by atoms with Crippen molar-refractivity contribution < 1.29 is 8.42 Å². The minimum Gasteiger partial charge on any atom is -0.382 e. The first-order valence-electron chi connectivity index (χ1n) is 8.20. The molecule has 2 aromatic rings. The number of sulfone groups is 1. The molecule has 6 nitrogen and oxygen atoms in total. The van der Waals surface area contributed by atoms with Crippen molar-refractivity contribution in [2.45, 2.75) is 29.6 Å². The van der Waals surface area contributed by atoms with Gasteiger partial charge in [-0.1, -0.05) is 26.0 Å². The number of aromatic nitrogens is 2. The summed E-state index contributed by atoms with van der Waals surface area (Å²) in [5.74, 6) is 2.84. The van der Waals surface area contributed by atoms with Gasteiger partial charge in [-0.15, -0.1) is 0 Å². The van der Waals surface area contributed by atoms with E-state index in [0.29, 0.717) is 11.9 Å². The van der Waals surface area contributed by atoms with Gasteiger partial charge in [-0.05, 0) is 23.6 Å². The Balaban J connectivity index is 1.91. The fourth-order valence-corrected chi connectivity index (χ4v) is 4.82. The molecule has 0 spiro atoms. The van der Waals surface area contributed by atoms with Gasteiger partial charge in [-0.25, -0.2) is 13.4 Å². The van der Waals surface area contributed by atoms with E-state index in [1.54, 1.807) is 12.1 Å². The maximum Gasteiger partial charge on any atom is 0.227 e. The molecule has 2 heterocycles. The van der Waals surface area contributed by atoms with Crippen LogP contribution in [0.4, 0.5) is 11.8 Å². The molecule has 1 fully saturated rings. The number of hydrogen-bond acceptors (Lipinski definition) is 7. The molecule has 1 aliphatic rings. The van der Waals surface area contributed by atoms with E-state index in [0.717, 1.165) is 30.2 Å². The Kier molecular flexibility index (Phi) is 5.19. The van der Waals surface area contributed by atoms with Crippen molar-refractivity contribution in [2.24, 2.45) is 0 Å². The first-order chi connectivity index (χ1) is 11.9. The summed E-state index contributed by atoms with van der Waals surface area (Å²) < 4.78 is 25.7. The van der Waals surface area contributed by atoms with Crippen LogP contribution in [0.3, 0.4) is 0 Å². The third-order valence-corrected chi connectivity index (χ3v) is 6.94. The monoisotopic (exact) mass is 378 g/mol. The highest BCUT2D eigenvalue weighted by molar-refractivity contribution is 7.99. The lowest BCUT2D eigenvalue weighted by molar-refractivity contribution is 0.595. The van der Waals surface area contributed by atoms with Gasteiger partial charge < -0.3 is 10.6 Å². The number of thioether (sulfide) groups is 1. The Hall–Kier alpha value is -1.80. The molecule has 0 unspecified atom stereocenters. The van der Waals surface area contributed by atoms with Crippen molar-refractivity contribution >= 4 is 33.4 Å². The first kappa shape index (κ1) is 18.0. The Bertz CT molecular complexity index is 845. The summed E-state index contributed by atoms with van der Waals surface area (Å²) in [5, 5.41) is 0. The molecule has 1 aromatic carbocycles. The second kappa shape index (κ2) is 7.21. The number of benzene rings is 1. The number of hydrogen-bond donors (Lipinski definition) is 1. The van der Waals surface area contributed by atoms with Gasteiger partial charge in [-0.3, -0.25) is 0 Å². The number of rotatable bonds is 4. The van der Waals surface area contributed by atoms with Crippen molar-refractivity contribution in [3.8, 4) is 0 Å². The van der Waals surface area contributed by atoms with E-state index in [9.17, 15) is 8.42 Å². The van der Waals surface area contributed by atoms with Crippen LogP contribution in [-0.2, 0) is 9.84 Å². The predicted octanol–water partition coefficient (Wildman–Crippen LogP) is 2.57. The predicted molar refractivity (Wildman–Crippen MR) is 102 cm³/mol. The summed E-state index contributed by atoms with van der Waals surface area (Å²) in [7, 11) is -3.73. The molecule has 2 N–H and O–H groups in total. The first-order valence-corrected chi connectivity index (χ1v) is 10.8. The average Bonchev–Trinajstić information content (AvgIpc) is 2.62. The zero-order valence-electron chi connectivity index (χ0n) is 14.3. The Morgan fingerprint density at radius 2 is 1.80 bits per heavy atom. The number of nitrogens with two attached hydrogens (primary N) is 1. The molecule has 3 rings (SSSR count). The molecule has 0 aliphatic carbocycles. The van der Waals surface area contributed by atoms with Crippen LogP contribution in [0.2, 0.25) is 0 Å². The van der Waals surface area contributed by atoms with Crippen LogP contribution in [0, 0.1) is 0 Å². The summed E-state index contributed by atoms with van der Waals surface area (Å²) in [6, 6.07) is 6.88. The largest absolute Gasteiger partial charge is 0.382 e. The minimum absolute atomic E-state index is 0.00355. The van der Waals surface area contributed by atoms with E-state index in [-0.39, 0.29) is 15.6 Å². The van der Waals surface area contributed by atoms with Gasteiger partial charge in [0.2, 0.25) is 15.8 Å². The zero-order chi connectivity index (χ0) is 18.0. The maximum absolute atomic E-state index is 12.8. The van der Waals surface area contributed by atoms with Crippen molar-refractivity contribution in [3.63, 3.8) is 0 Å². The van der Waals surface area contributed by atoms with E-state index >= 15 is 0 Å². The van der Waals surface area contributed by atoms with E-state index in [1.165, 1.54) is 6.20 Å². The smallest absolute Gasteiger partial charge is 0.227 e. The molecular formula is C17H22N4O2S2. The second-order valence-electron chi connectivity index (χ2n) is 6.25. The van der Waals surface area contributed by atoms with Crippen LogP contribution in [-0.4, -0.2) is 43.0 Å². The van der Waals surface area contributed by atoms with Gasteiger partial charge in [-0.2, -0.15) is 16.7 Å². The van der Waals surface area contributed by atoms with Gasteiger partial charge in [0.15, 0.2) is 0 Å². The molecule has 134 valence electrons. The van der Waals surface area contributed by atoms with E-state index < -0.39 is 9.84 Å².